The lowest BCUT2D eigenvalue weighted by molar-refractivity contribution is 0.102. The summed E-state index contributed by atoms with van der Waals surface area (Å²) in [5.41, 5.74) is 2.42. The van der Waals surface area contributed by atoms with Gasteiger partial charge in [-0.3, -0.25) is 4.79 Å². The van der Waals surface area contributed by atoms with E-state index in [-0.39, 0.29) is 5.91 Å². The van der Waals surface area contributed by atoms with Crippen molar-refractivity contribution in [2.75, 3.05) is 17.2 Å². The molecular weight excluding hydrogens is 270 g/mol. The van der Waals surface area contributed by atoms with Gasteiger partial charge in [-0.1, -0.05) is 13.3 Å². The number of anilines is 2. The Morgan fingerprint density at radius 2 is 2.20 bits per heavy atom. The fraction of sp³-hybridized carbons (Fsp3) is 0.333. The Labute approximate surface area is 123 Å². The molecule has 20 heavy (non-hydrogen) atoms. The molecule has 4 nitrogen and oxygen atoms in total. The Morgan fingerprint density at radius 1 is 1.35 bits per heavy atom. The summed E-state index contributed by atoms with van der Waals surface area (Å²) in [7, 11) is 0. The first-order valence-corrected chi connectivity index (χ1v) is 7.75. The van der Waals surface area contributed by atoms with Gasteiger partial charge in [-0.05, 0) is 36.9 Å². The molecule has 0 atom stereocenters. The average molecular weight is 289 g/mol. The Bertz CT molecular complexity index is 542. The van der Waals surface area contributed by atoms with Crippen LogP contribution in [0.25, 0.3) is 0 Å². The molecule has 106 valence electrons. The van der Waals surface area contributed by atoms with Crippen LogP contribution in [-0.2, 0) is 6.42 Å². The largest absolute Gasteiger partial charge is 0.370 e. The molecule has 0 aromatic carbocycles. The molecule has 0 spiro atoms. The maximum atomic E-state index is 12.3. The van der Waals surface area contributed by atoms with Gasteiger partial charge in [0.05, 0.1) is 5.69 Å². The third-order valence-electron chi connectivity index (χ3n) is 2.78. The van der Waals surface area contributed by atoms with Crippen molar-refractivity contribution in [3.05, 3.63) is 40.2 Å². The summed E-state index contributed by atoms with van der Waals surface area (Å²) in [4.78, 5) is 16.8. The molecule has 1 amide bonds. The lowest BCUT2D eigenvalue weighted by Crippen LogP contribution is -2.13. The Balaban J connectivity index is 2.22. The zero-order valence-corrected chi connectivity index (χ0v) is 12.6. The minimum atomic E-state index is -0.0951. The Kier molecular flexibility index (Phi) is 5.12. The van der Waals surface area contributed by atoms with Crippen molar-refractivity contribution in [2.45, 2.75) is 26.7 Å². The molecule has 2 heterocycles. The van der Waals surface area contributed by atoms with E-state index in [1.807, 2.05) is 29.8 Å². The van der Waals surface area contributed by atoms with Crippen LogP contribution in [0.2, 0.25) is 0 Å². The topological polar surface area (TPSA) is 54.0 Å². The van der Waals surface area contributed by atoms with Crippen molar-refractivity contribution >= 4 is 28.7 Å². The van der Waals surface area contributed by atoms with Crippen molar-refractivity contribution in [2.24, 2.45) is 0 Å². The van der Waals surface area contributed by atoms with Gasteiger partial charge < -0.3 is 10.6 Å². The number of nitrogens with one attached hydrogen (secondary N) is 2. The van der Waals surface area contributed by atoms with Crippen LogP contribution in [-0.4, -0.2) is 17.4 Å². The lowest BCUT2D eigenvalue weighted by atomic mass is 10.1. The molecule has 2 aromatic rings. The molecule has 5 heteroatoms. The van der Waals surface area contributed by atoms with Crippen LogP contribution in [0, 0.1) is 0 Å². The van der Waals surface area contributed by atoms with Gasteiger partial charge in [0.2, 0.25) is 0 Å². The standard InChI is InChI=1S/C15H19N3OS/c1-3-5-12-8-11(9-14(17-12)16-4-2)15(19)18-13-6-7-20-10-13/h6-10H,3-5H2,1-2H3,(H,16,17)(H,18,19). The fourth-order valence-corrected chi connectivity index (χ4v) is 2.50. The highest BCUT2D eigenvalue weighted by molar-refractivity contribution is 7.08. The number of pyridine rings is 1. The highest BCUT2D eigenvalue weighted by atomic mass is 32.1. The van der Waals surface area contributed by atoms with E-state index in [1.165, 1.54) is 0 Å². The van der Waals surface area contributed by atoms with E-state index >= 15 is 0 Å². The third kappa shape index (κ3) is 3.81. The molecule has 2 N–H and O–H groups in total. The van der Waals surface area contributed by atoms with E-state index in [0.717, 1.165) is 36.6 Å². The van der Waals surface area contributed by atoms with Gasteiger partial charge in [0.25, 0.3) is 5.91 Å². The van der Waals surface area contributed by atoms with Crippen molar-refractivity contribution < 1.29 is 4.79 Å². The predicted octanol–water partition coefficient (Wildman–Crippen LogP) is 3.78. The molecule has 0 fully saturated rings. The lowest BCUT2D eigenvalue weighted by Gasteiger charge is -2.09. The van der Waals surface area contributed by atoms with Gasteiger partial charge >= 0.3 is 0 Å². The molecule has 0 aliphatic carbocycles. The number of rotatable bonds is 6. The molecule has 0 aliphatic heterocycles. The molecule has 0 unspecified atom stereocenters. The number of amides is 1. The van der Waals surface area contributed by atoms with Crippen LogP contribution in [0.15, 0.2) is 29.0 Å². The van der Waals surface area contributed by atoms with Gasteiger partial charge in [0.15, 0.2) is 0 Å². The van der Waals surface area contributed by atoms with E-state index in [4.69, 9.17) is 0 Å². The molecule has 0 radical (unpaired) electrons. The van der Waals surface area contributed by atoms with E-state index in [9.17, 15) is 4.79 Å². The number of carbonyl (C=O) groups excluding carboxylic acids is 1. The number of hydrogen-bond acceptors (Lipinski definition) is 4. The van der Waals surface area contributed by atoms with E-state index in [0.29, 0.717) is 5.56 Å². The van der Waals surface area contributed by atoms with Crippen LogP contribution >= 0.6 is 11.3 Å². The van der Waals surface area contributed by atoms with Crippen molar-refractivity contribution in [1.82, 2.24) is 4.98 Å². The molecule has 0 bridgehead atoms. The molecular formula is C15H19N3OS. The smallest absolute Gasteiger partial charge is 0.255 e. The first-order chi connectivity index (χ1) is 9.72. The zero-order chi connectivity index (χ0) is 14.4. The number of thiophene rings is 1. The third-order valence-corrected chi connectivity index (χ3v) is 3.47. The van der Waals surface area contributed by atoms with Crippen LogP contribution in [0.3, 0.4) is 0 Å². The monoisotopic (exact) mass is 289 g/mol. The molecule has 2 aromatic heterocycles. The molecule has 0 saturated carbocycles. The van der Waals surface area contributed by atoms with Crippen LogP contribution < -0.4 is 10.6 Å². The molecule has 0 aliphatic rings. The minimum Gasteiger partial charge on any atom is -0.370 e. The number of nitrogens with zero attached hydrogens (tertiary/aromatic N) is 1. The maximum absolute atomic E-state index is 12.3. The predicted molar refractivity (Wildman–Crippen MR) is 84.7 cm³/mol. The summed E-state index contributed by atoms with van der Waals surface area (Å²) >= 11 is 1.56. The second-order valence-electron chi connectivity index (χ2n) is 4.48. The number of aromatic nitrogens is 1. The van der Waals surface area contributed by atoms with Gasteiger partial charge in [0.1, 0.15) is 5.82 Å². The van der Waals surface area contributed by atoms with Gasteiger partial charge in [0, 0.05) is 23.2 Å². The molecule has 0 saturated heterocycles. The Hall–Kier alpha value is -1.88. The van der Waals surface area contributed by atoms with Crippen molar-refractivity contribution in [1.29, 1.82) is 0 Å². The highest BCUT2D eigenvalue weighted by Gasteiger charge is 2.10. The normalized spacial score (nSPS) is 10.3. The summed E-state index contributed by atoms with van der Waals surface area (Å²) in [6, 6.07) is 5.55. The summed E-state index contributed by atoms with van der Waals surface area (Å²) in [6.45, 7) is 4.90. The van der Waals surface area contributed by atoms with Gasteiger partial charge in [-0.25, -0.2) is 4.98 Å². The number of hydrogen-bond donors (Lipinski definition) is 2. The average Bonchev–Trinajstić information content (AvgIpc) is 2.92. The maximum Gasteiger partial charge on any atom is 0.255 e. The summed E-state index contributed by atoms with van der Waals surface area (Å²) in [5, 5.41) is 9.92. The summed E-state index contributed by atoms with van der Waals surface area (Å²) in [6.07, 6.45) is 1.88. The van der Waals surface area contributed by atoms with Crippen LogP contribution in [0.1, 0.15) is 36.3 Å². The van der Waals surface area contributed by atoms with Crippen molar-refractivity contribution in [3.63, 3.8) is 0 Å². The van der Waals surface area contributed by atoms with Crippen LogP contribution in [0.5, 0.6) is 0 Å². The second-order valence-corrected chi connectivity index (χ2v) is 5.26. The van der Waals surface area contributed by atoms with Gasteiger partial charge in [-0.2, -0.15) is 11.3 Å². The first-order valence-electron chi connectivity index (χ1n) is 6.81. The molecule has 2 rings (SSSR count). The number of aryl methyl sites for hydroxylation is 1. The highest BCUT2D eigenvalue weighted by Crippen LogP contribution is 2.16. The minimum absolute atomic E-state index is 0.0951. The van der Waals surface area contributed by atoms with E-state index < -0.39 is 0 Å². The van der Waals surface area contributed by atoms with E-state index in [2.05, 4.69) is 22.5 Å². The second kappa shape index (κ2) is 7.05. The number of carbonyl (C=O) groups is 1. The SMILES string of the molecule is CCCc1cc(C(=O)Nc2ccsc2)cc(NCC)n1. The van der Waals surface area contributed by atoms with E-state index in [1.54, 1.807) is 17.4 Å². The quantitative estimate of drug-likeness (QED) is 0.851. The van der Waals surface area contributed by atoms with Crippen molar-refractivity contribution in [3.8, 4) is 0 Å². The zero-order valence-electron chi connectivity index (χ0n) is 11.8. The van der Waals surface area contributed by atoms with Gasteiger partial charge in [-0.15, -0.1) is 0 Å². The summed E-state index contributed by atoms with van der Waals surface area (Å²) in [5.74, 6) is 0.663. The van der Waals surface area contributed by atoms with Crippen LogP contribution in [0.4, 0.5) is 11.5 Å². The Morgan fingerprint density at radius 3 is 2.85 bits per heavy atom. The summed E-state index contributed by atoms with van der Waals surface area (Å²) < 4.78 is 0. The fourth-order valence-electron chi connectivity index (χ4n) is 1.91. The first kappa shape index (κ1) is 14.5.